The van der Waals surface area contributed by atoms with Crippen molar-refractivity contribution < 1.29 is 14.3 Å². The van der Waals surface area contributed by atoms with Crippen molar-refractivity contribution in [3.8, 4) is 11.5 Å². The van der Waals surface area contributed by atoms with Gasteiger partial charge in [-0.2, -0.15) is 5.10 Å². The van der Waals surface area contributed by atoms with Crippen LogP contribution in [0.25, 0.3) is 0 Å². The van der Waals surface area contributed by atoms with Gasteiger partial charge >= 0.3 is 0 Å². The van der Waals surface area contributed by atoms with Gasteiger partial charge in [-0.15, -0.1) is 0 Å². The Morgan fingerprint density at radius 2 is 1.75 bits per heavy atom. The molecule has 0 fully saturated rings. The van der Waals surface area contributed by atoms with Gasteiger partial charge in [-0.1, -0.05) is 31.2 Å². The molecule has 5 nitrogen and oxygen atoms in total. The van der Waals surface area contributed by atoms with Gasteiger partial charge in [-0.05, 0) is 37.6 Å². The van der Waals surface area contributed by atoms with Crippen molar-refractivity contribution in [1.82, 2.24) is 5.43 Å². The number of nitrogens with zero attached hydrogens (tertiary/aromatic N) is 1. The Balaban J connectivity index is 2.06. The number of hydrogen-bond acceptors (Lipinski definition) is 4. The summed E-state index contributed by atoms with van der Waals surface area (Å²) in [5.74, 6) is 0.971. The van der Waals surface area contributed by atoms with Crippen LogP contribution in [0.3, 0.4) is 0 Å². The summed E-state index contributed by atoms with van der Waals surface area (Å²) in [5.41, 5.74) is 3.79. The van der Waals surface area contributed by atoms with E-state index < -0.39 is 0 Å². The van der Waals surface area contributed by atoms with E-state index in [9.17, 15) is 4.79 Å². The Morgan fingerprint density at radius 1 is 1.04 bits per heavy atom. The summed E-state index contributed by atoms with van der Waals surface area (Å²) in [6.45, 7) is 5.07. The Labute approximate surface area is 142 Å². The molecule has 0 bridgehead atoms. The maximum absolute atomic E-state index is 12.3. The zero-order valence-corrected chi connectivity index (χ0v) is 14.0. The van der Waals surface area contributed by atoms with Crippen molar-refractivity contribution in [3.63, 3.8) is 0 Å². The molecule has 0 unspecified atom stereocenters. The first kappa shape index (κ1) is 17.5. The third-order valence-electron chi connectivity index (χ3n) is 3.18. The molecule has 0 spiro atoms. The highest BCUT2D eigenvalue weighted by atomic mass is 16.5. The second-order valence-corrected chi connectivity index (χ2v) is 5.01. The number of carbonyl (C=O) groups is 1. The largest absolute Gasteiger partial charge is 0.493 e. The number of hydrazone groups is 1. The molecule has 0 aliphatic carbocycles. The van der Waals surface area contributed by atoms with Crippen LogP contribution in [0.15, 0.2) is 53.6 Å². The predicted octanol–water partition coefficient (Wildman–Crippen LogP) is 3.64. The van der Waals surface area contributed by atoms with Crippen molar-refractivity contribution in [1.29, 1.82) is 0 Å². The first-order valence-corrected chi connectivity index (χ1v) is 8.03. The van der Waals surface area contributed by atoms with E-state index in [0.29, 0.717) is 24.5 Å². The molecule has 0 saturated heterocycles. The summed E-state index contributed by atoms with van der Waals surface area (Å²) in [6.07, 6.45) is 2.45. The van der Waals surface area contributed by atoms with Crippen LogP contribution >= 0.6 is 0 Å². The van der Waals surface area contributed by atoms with Crippen molar-refractivity contribution in [2.75, 3.05) is 13.2 Å². The molecule has 2 aromatic rings. The number of para-hydroxylation sites is 2. The van der Waals surface area contributed by atoms with Gasteiger partial charge < -0.3 is 9.47 Å². The van der Waals surface area contributed by atoms with Crippen LogP contribution in [0.5, 0.6) is 11.5 Å². The lowest BCUT2D eigenvalue weighted by Gasteiger charge is -2.09. The Morgan fingerprint density at radius 3 is 2.50 bits per heavy atom. The maximum Gasteiger partial charge on any atom is 0.275 e. The van der Waals surface area contributed by atoms with Gasteiger partial charge in [-0.3, -0.25) is 4.79 Å². The lowest BCUT2D eigenvalue weighted by Crippen LogP contribution is -2.19. The lowest BCUT2D eigenvalue weighted by molar-refractivity contribution is 0.0951. The van der Waals surface area contributed by atoms with Crippen LogP contribution in [-0.2, 0) is 0 Å². The van der Waals surface area contributed by atoms with Crippen LogP contribution < -0.4 is 14.9 Å². The quantitative estimate of drug-likeness (QED) is 0.595. The molecular weight excluding hydrogens is 304 g/mol. The van der Waals surface area contributed by atoms with Crippen molar-refractivity contribution in [2.45, 2.75) is 20.3 Å². The fourth-order valence-corrected chi connectivity index (χ4v) is 2.09. The Hall–Kier alpha value is -2.82. The average Bonchev–Trinajstić information content (AvgIpc) is 2.62. The monoisotopic (exact) mass is 326 g/mol. The molecule has 0 heterocycles. The molecule has 0 saturated carbocycles. The Bertz CT molecular complexity index is 699. The maximum atomic E-state index is 12.3. The minimum atomic E-state index is -0.313. The number of benzene rings is 2. The third kappa shape index (κ3) is 4.84. The topological polar surface area (TPSA) is 59.9 Å². The molecule has 0 radical (unpaired) electrons. The van der Waals surface area contributed by atoms with E-state index in [1.54, 1.807) is 24.4 Å². The SMILES string of the molecule is CCCOc1ccccc1C(=O)NN=Cc1ccccc1OCC. The molecule has 5 heteroatoms. The summed E-state index contributed by atoms with van der Waals surface area (Å²) >= 11 is 0. The number of carbonyl (C=O) groups excluding carboxylic acids is 1. The number of nitrogens with one attached hydrogen (secondary N) is 1. The molecule has 126 valence electrons. The zero-order valence-electron chi connectivity index (χ0n) is 14.0. The fraction of sp³-hybridized carbons (Fsp3) is 0.263. The lowest BCUT2D eigenvalue weighted by atomic mass is 10.2. The Kier molecular flexibility index (Phi) is 6.83. The first-order valence-electron chi connectivity index (χ1n) is 8.03. The predicted molar refractivity (Wildman–Crippen MR) is 94.9 cm³/mol. The minimum Gasteiger partial charge on any atom is -0.493 e. The van der Waals surface area contributed by atoms with Crippen LogP contribution in [0.2, 0.25) is 0 Å². The zero-order chi connectivity index (χ0) is 17.2. The van der Waals surface area contributed by atoms with Crippen molar-refractivity contribution in [3.05, 3.63) is 59.7 Å². The second kappa shape index (κ2) is 9.35. The van der Waals surface area contributed by atoms with Crippen molar-refractivity contribution >= 4 is 12.1 Å². The molecule has 0 aromatic heterocycles. The molecular formula is C19H22N2O3. The van der Waals surface area contributed by atoms with Gasteiger partial charge in [0.05, 0.1) is 25.0 Å². The molecule has 2 rings (SSSR count). The molecule has 0 aliphatic heterocycles. The van der Waals surface area contributed by atoms with E-state index in [1.165, 1.54) is 0 Å². The smallest absolute Gasteiger partial charge is 0.275 e. The molecule has 0 atom stereocenters. The highest BCUT2D eigenvalue weighted by molar-refractivity contribution is 5.97. The summed E-state index contributed by atoms with van der Waals surface area (Å²) in [4.78, 5) is 12.3. The molecule has 24 heavy (non-hydrogen) atoms. The summed E-state index contributed by atoms with van der Waals surface area (Å²) in [5, 5.41) is 4.02. The van der Waals surface area contributed by atoms with E-state index in [-0.39, 0.29) is 5.91 Å². The van der Waals surface area contributed by atoms with Crippen molar-refractivity contribution in [2.24, 2.45) is 5.10 Å². The molecule has 0 aliphatic rings. The fourth-order valence-electron chi connectivity index (χ4n) is 2.09. The van der Waals surface area contributed by atoms with Gasteiger partial charge in [0.1, 0.15) is 11.5 Å². The standard InChI is InChI=1S/C19H22N2O3/c1-3-13-24-18-12-8-6-10-16(18)19(22)21-20-14-15-9-5-7-11-17(15)23-4-2/h5-12,14H,3-4,13H2,1-2H3,(H,21,22). The number of ether oxygens (including phenoxy) is 2. The minimum absolute atomic E-state index is 0.313. The second-order valence-electron chi connectivity index (χ2n) is 5.01. The molecule has 1 N–H and O–H groups in total. The van der Waals surface area contributed by atoms with E-state index in [2.05, 4.69) is 10.5 Å². The summed E-state index contributed by atoms with van der Waals surface area (Å²) in [6, 6.07) is 14.6. The van der Waals surface area contributed by atoms with Crippen LogP contribution in [0.4, 0.5) is 0 Å². The van der Waals surface area contributed by atoms with Crippen LogP contribution in [0.1, 0.15) is 36.2 Å². The average molecular weight is 326 g/mol. The van der Waals surface area contributed by atoms with E-state index >= 15 is 0 Å². The summed E-state index contributed by atoms with van der Waals surface area (Å²) < 4.78 is 11.1. The van der Waals surface area contributed by atoms with E-state index in [1.807, 2.05) is 44.2 Å². The van der Waals surface area contributed by atoms with Crippen LogP contribution in [-0.4, -0.2) is 25.3 Å². The van der Waals surface area contributed by atoms with Gasteiger partial charge in [0.15, 0.2) is 0 Å². The highest BCUT2D eigenvalue weighted by Crippen LogP contribution is 2.18. The van der Waals surface area contributed by atoms with E-state index in [0.717, 1.165) is 17.7 Å². The number of amides is 1. The van der Waals surface area contributed by atoms with Gasteiger partial charge in [0, 0.05) is 5.56 Å². The first-order chi connectivity index (χ1) is 11.8. The molecule has 1 amide bonds. The van der Waals surface area contributed by atoms with Gasteiger partial charge in [0.25, 0.3) is 5.91 Å². The highest BCUT2D eigenvalue weighted by Gasteiger charge is 2.11. The number of rotatable bonds is 8. The van der Waals surface area contributed by atoms with Gasteiger partial charge in [-0.25, -0.2) is 5.43 Å². The summed E-state index contributed by atoms with van der Waals surface area (Å²) in [7, 11) is 0. The molecule has 2 aromatic carbocycles. The van der Waals surface area contributed by atoms with Crippen LogP contribution in [0, 0.1) is 0 Å². The number of hydrogen-bond donors (Lipinski definition) is 1. The third-order valence-corrected chi connectivity index (χ3v) is 3.18. The normalized spacial score (nSPS) is 10.6. The van der Waals surface area contributed by atoms with E-state index in [4.69, 9.17) is 9.47 Å². The van der Waals surface area contributed by atoms with Gasteiger partial charge in [0.2, 0.25) is 0 Å².